The Morgan fingerprint density at radius 2 is 1.68 bits per heavy atom. The van der Waals surface area contributed by atoms with Gasteiger partial charge in [0.15, 0.2) is 0 Å². The van der Waals surface area contributed by atoms with Crippen LogP contribution in [0.4, 0.5) is 0 Å². The fourth-order valence-corrected chi connectivity index (χ4v) is 4.40. The molecule has 164 valence electrons. The van der Waals surface area contributed by atoms with Crippen LogP contribution in [0.2, 0.25) is 0 Å². The number of fused-ring (bicyclic) bond motifs is 1. The second-order valence-corrected chi connectivity index (χ2v) is 9.89. The molecule has 0 aromatic heterocycles. The number of rotatable bonds is 6. The van der Waals surface area contributed by atoms with E-state index in [-0.39, 0.29) is 5.60 Å². The number of nitrogens with zero attached hydrogens (tertiary/aromatic N) is 1. The van der Waals surface area contributed by atoms with Gasteiger partial charge in [-0.05, 0) is 80.5 Å². The molecule has 0 fully saturated rings. The van der Waals surface area contributed by atoms with Crippen LogP contribution in [-0.2, 0) is 13.0 Å². The maximum absolute atomic E-state index is 6.25. The number of ether oxygens (including phenoxy) is 2. The molecule has 31 heavy (non-hydrogen) atoms. The predicted octanol–water partition coefficient (Wildman–Crippen LogP) is 6.19. The Balaban J connectivity index is 1.44. The van der Waals surface area contributed by atoms with E-state index in [0.717, 1.165) is 37.4 Å². The summed E-state index contributed by atoms with van der Waals surface area (Å²) in [7, 11) is 0. The molecule has 0 N–H and O–H groups in total. The molecule has 0 radical (unpaired) electrons. The van der Waals surface area contributed by atoms with Crippen molar-refractivity contribution < 1.29 is 9.47 Å². The molecule has 1 aliphatic carbocycles. The molecule has 0 amide bonds. The summed E-state index contributed by atoms with van der Waals surface area (Å²) >= 11 is 0. The number of benzene rings is 2. The topological polar surface area (TPSA) is 21.7 Å². The van der Waals surface area contributed by atoms with Crippen molar-refractivity contribution in [2.45, 2.75) is 58.7 Å². The lowest BCUT2D eigenvalue weighted by atomic mass is 9.92. The fourth-order valence-electron chi connectivity index (χ4n) is 4.40. The number of hydrogen-bond donors (Lipinski definition) is 0. The first-order valence-corrected chi connectivity index (χ1v) is 11.5. The molecule has 2 atom stereocenters. The lowest BCUT2D eigenvalue weighted by Crippen LogP contribution is -2.44. The van der Waals surface area contributed by atoms with Crippen molar-refractivity contribution in [3.8, 4) is 11.5 Å². The van der Waals surface area contributed by atoms with Gasteiger partial charge in [-0.1, -0.05) is 49.4 Å². The lowest BCUT2D eigenvalue weighted by Gasteiger charge is -2.37. The van der Waals surface area contributed by atoms with E-state index in [1.807, 2.05) is 24.3 Å². The molecule has 2 aromatic carbocycles. The minimum Gasteiger partial charge on any atom is -0.492 e. The summed E-state index contributed by atoms with van der Waals surface area (Å²) in [5.41, 5.74) is 4.11. The van der Waals surface area contributed by atoms with E-state index in [1.165, 1.54) is 16.7 Å². The van der Waals surface area contributed by atoms with E-state index in [2.05, 4.69) is 75.1 Å². The van der Waals surface area contributed by atoms with Gasteiger partial charge in [0.2, 0.25) is 0 Å². The zero-order chi connectivity index (χ0) is 21.8. The molecule has 0 saturated carbocycles. The summed E-state index contributed by atoms with van der Waals surface area (Å²) in [5, 5.41) is 0. The SMILES string of the molecule is CC1C=C(CN2Cc3ccccc3C[C@H]2COc2ccc(OC(C)(C)C)cc2)C=CC1. The predicted molar refractivity (Wildman–Crippen MR) is 128 cm³/mol. The zero-order valence-corrected chi connectivity index (χ0v) is 19.3. The van der Waals surface area contributed by atoms with Crippen LogP contribution in [0.25, 0.3) is 0 Å². The minimum absolute atomic E-state index is 0.196. The van der Waals surface area contributed by atoms with Gasteiger partial charge in [0.25, 0.3) is 0 Å². The first-order valence-electron chi connectivity index (χ1n) is 11.5. The van der Waals surface area contributed by atoms with Crippen LogP contribution >= 0.6 is 0 Å². The molecule has 1 unspecified atom stereocenters. The Hall–Kier alpha value is -2.52. The minimum atomic E-state index is -0.196. The van der Waals surface area contributed by atoms with E-state index in [9.17, 15) is 0 Å². The second kappa shape index (κ2) is 9.32. The first kappa shape index (κ1) is 21.7. The summed E-state index contributed by atoms with van der Waals surface area (Å²) in [6.07, 6.45) is 9.20. The molecular weight excluding hydrogens is 382 g/mol. The molecule has 0 saturated heterocycles. The van der Waals surface area contributed by atoms with Gasteiger partial charge in [-0.2, -0.15) is 0 Å². The fraction of sp³-hybridized carbons (Fsp3) is 0.429. The zero-order valence-electron chi connectivity index (χ0n) is 19.3. The molecule has 3 nitrogen and oxygen atoms in total. The standard InChI is InChI=1S/C28H35NO2/c1-21-8-7-9-22(16-21)18-29-19-24-11-6-5-10-23(24)17-25(29)20-30-26-12-14-27(15-13-26)31-28(2,3)4/h5-7,9-16,21,25H,8,17-20H2,1-4H3/t21?,25-/m0/s1. The molecule has 4 rings (SSSR count). The van der Waals surface area contributed by atoms with Gasteiger partial charge in [0.05, 0.1) is 0 Å². The van der Waals surface area contributed by atoms with Crippen molar-refractivity contribution in [2.75, 3.05) is 13.2 Å². The Bertz CT molecular complexity index is 936. The van der Waals surface area contributed by atoms with Gasteiger partial charge in [-0.15, -0.1) is 0 Å². The molecule has 0 bridgehead atoms. The molecule has 1 aliphatic heterocycles. The average molecular weight is 418 g/mol. The summed E-state index contributed by atoms with van der Waals surface area (Å²) in [6, 6.07) is 17.2. The average Bonchev–Trinajstić information content (AvgIpc) is 2.72. The molecule has 1 heterocycles. The van der Waals surface area contributed by atoms with Crippen LogP contribution in [0, 0.1) is 5.92 Å². The first-order chi connectivity index (χ1) is 14.9. The maximum atomic E-state index is 6.25. The Morgan fingerprint density at radius 1 is 0.968 bits per heavy atom. The smallest absolute Gasteiger partial charge is 0.120 e. The van der Waals surface area contributed by atoms with E-state index < -0.39 is 0 Å². The highest BCUT2D eigenvalue weighted by Crippen LogP contribution is 2.27. The number of hydrogen-bond acceptors (Lipinski definition) is 3. The van der Waals surface area contributed by atoms with Crippen LogP contribution in [0.1, 0.15) is 45.2 Å². The van der Waals surface area contributed by atoms with Crippen molar-refractivity contribution in [2.24, 2.45) is 5.92 Å². The van der Waals surface area contributed by atoms with Crippen molar-refractivity contribution in [3.63, 3.8) is 0 Å². The summed E-state index contributed by atoms with van der Waals surface area (Å²) < 4.78 is 12.2. The van der Waals surface area contributed by atoms with Gasteiger partial charge in [0.1, 0.15) is 23.7 Å². The molecule has 2 aliphatic rings. The molecule has 3 heteroatoms. The third-order valence-electron chi connectivity index (χ3n) is 5.88. The van der Waals surface area contributed by atoms with Gasteiger partial charge < -0.3 is 9.47 Å². The summed E-state index contributed by atoms with van der Waals surface area (Å²) in [5.74, 6) is 2.39. The van der Waals surface area contributed by atoms with E-state index in [0.29, 0.717) is 18.6 Å². The Kier molecular flexibility index (Phi) is 6.52. The van der Waals surface area contributed by atoms with Gasteiger partial charge in [-0.25, -0.2) is 0 Å². The van der Waals surface area contributed by atoms with Crippen LogP contribution in [0.15, 0.2) is 72.3 Å². The van der Waals surface area contributed by atoms with E-state index in [1.54, 1.807) is 0 Å². The van der Waals surface area contributed by atoms with Crippen molar-refractivity contribution in [1.82, 2.24) is 4.90 Å². The van der Waals surface area contributed by atoms with Crippen LogP contribution in [0.3, 0.4) is 0 Å². The monoisotopic (exact) mass is 417 g/mol. The summed E-state index contributed by atoms with van der Waals surface area (Å²) in [6.45, 7) is 11.1. The third-order valence-corrected chi connectivity index (χ3v) is 5.88. The second-order valence-electron chi connectivity index (χ2n) is 9.89. The van der Waals surface area contributed by atoms with Crippen molar-refractivity contribution >= 4 is 0 Å². The third kappa shape index (κ3) is 6.01. The van der Waals surface area contributed by atoms with Crippen LogP contribution in [-0.4, -0.2) is 29.7 Å². The molecule has 0 spiro atoms. The highest BCUT2D eigenvalue weighted by Gasteiger charge is 2.27. The normalized spacial score (nSPS) is 21.4. The largest absolute Gasteiger partial charge is 0.492 e. The summed E-state index contributed by atoms with van der Waals surface area (Å²) in [4.78, 5) is 2.58. The van der Waals surface area contributed by atoms with E-state index >= 15 is 0 Å². The van der Waals surface area contributed by atoms with E-state index in [4.69, 9.17) is 9.47 Å². The highest BCUT2D eigenvalue weighted by molar-refractivity contribution is 5.33. The lowest BCUT2D eigenvalue weighted by molar-refractivity contribution is 0.125. The molecule has 2 aromatic rings. The highest BCUT2D eigenvalue weighted by atomic mass is 16.5. The van der Waals surface area contributed by atoms with Gasteiger partial charge >= 0.3 is 0 Å². The van der Waals surface area contributed by atoms with Crippen LogP contribution < -0.4 is 9.47 Å². The quantitative estimate of drug-likeness (QED) is 0.559. The van der Waals surface area contributed by atoms with Gasteiger partial charge in [-0.3, -0.25) is 4.90 Å². The molecular formula is C28H35NO2. The van der Waals surface area contributed by atoms with Crippen molar-refractivity contribution in [1.29, 1.82) is 0 Å². The number of allylic oxidation sites excluding steroid dienone is 2. The van der Waals surface area contributed by atoms with Gasteiger partial charge in [0, 0.05) is 19.1 Å². The Morgan fingerprint density at radius 3 is 2.39 bits per heavy atom. The van der Waals surface area contributed by atoms with Crippen molar-refractivity contribution in [3.05, 3.63) is 83.5 Å². The maximum Gasteiger partial charge on any atom is 0.120 e. The van der Waals surface area contributed by atoms with Crippen LogP contribution in [0.5, 0.6) is 11.5 Å². The Labute approximate surface area is 187 Å².